The highest BCUT2D eigenvalue weighted by Crippen LogP contribution is 2.31. The Labute approximate surface area is 167 Å². The number of aromatic hydroxyl groups is 1. The minimum absolute atomic E-state index is 0.0346. The SMILES string of the molecule is COc1cc(C(=O)O[C@@H]2C/C(C)=C\CC/C(C)=C/[C@@H](O)[C@@H]2C(C)C)ccc1O. The van der Waals surface area contributed by atoms with Crippen molar-refractivity contribution in [3.8, 4) is 11.5 Å². The zero-order chi connectivity index (χ0) is 20.8. The second kappa shape index (κ2) is 9.78. The number of phenolic OH excluding ortho intramolecular Hbond substituents is 1. The molecule has 0 amide bonds. The molecule has 3 atom stereocenters. The van der Waals surface area contributed by atoms with Gasteiger partial charge >= 0.3 is 5.97 Å². The molecule has 154 valence electrons. The van der Waals surface area contributed by atoms with E-state index in [1.807, 2.05) is 33.8 Å². The van der Waals surface area contributed by atoms with Crippen LogP contribution in [0, 0.1) is 11.8 Å². The van der Waals surface area contributed by atoms with Gasteiger partial charge in [-0.2, -0.15) is 0 Å². The number of allylic oxidation sites excluding steroid dienone is 2. The smallest absolute Gasteiger partial charge is 0.338 e. The molecule has 0 bridgehead atoms. The van der Waals surface area contributed by atoms with Gasteiger partial charge in [-0.05, 0) is 50.8 Å². The first-order chi connectivity index (χ1) is 13.2. The summed E-state index contributed by atoms with van der Waals surface area (Å²) in [7, 11) is 1.43. The molecule has 0 spiro atoms. The second-order valence-electron chi connectivity index (χ2n) is 7.95. The van der Waals surface area contributed by atoms with Crippen LogP contribution in [0.25, 0.3) is 0 Å². The zero-order valence-corrected chi connectivity index (χ0v) is 17.4. The Balaban J connectivity index is 2.33. The van der Waals surface area contributed by atoms with E-state index in [1.54, 1.807) is 0 Å². The number of aliphatic hydroxyl groups excluding tert-OH is 1. The van der Waals surface area contributed by atoms with Crippen LogP contribution in [0.3, 0.4) is 0 Å². The molecule has 0 saturated carbocycles. The summed E-state index contributed by atoms with van der Waals surface area (Å²) in [4.78, 5) is 12.8. The third kappa shape index (κ3) is 5.61. The average molecular weight is 389 g/mol. The Morgan fingerprint density at radius 3 is 2.57 bits per heavy atom. The topological polar surface area (TPSA) is 76.0 Å². The Bertz CT molecular complexity index is 747. The predicted octanol–water partition coefficient (Wildman–Crippen LogP) is 4.64. The van der Waals surface area contributed by atoms with Crippen LogP contribution in [0.1, 0.15) is 57.3 Å². The summed E-state index contributed by atoms with van der Waals surface area (Å²) in [6, 6.07) is 4.38. The molecule has 0 radical (unpaired) electrons. The van der Waals surface area contributed by atoms with Crippen LogP contribution in [0.5, 0.6) is 11.5 Å². The first-order valence-electron chi connectivity index (χ1n) is 9.82. The molecular formula is C23H32O5. The van der Waals surface area contributed by atoms with Crippen molar-refractivity contribution < 1.29 is 24.5 Å². The molecule has 0 aliphatic heterocycles. The number of carbonyl (C=O) groups is 1. The van der Waals surface area contributed by atoms with Gasteiger partial charge in [0.25, 0.3) is 0 Å². The molecule has 0 saturated heterocycles. The van der Waals surface area contributed by atoms with Gasteiger partial charge in [0, 0.05) is 12.3 Å². The summed E-state index contributed by atoms with van der Waals surface area (Å²) < 4.78 is 11.0. The van der Waals surface area contributed by atoms with Crippen molar-refractivity contribution in [1.82, 2.24) is 0 Å². The van der Waals surface area contributed by atoms with Crippen molar-refractivity contribution in [3.63, 3.8) is 0 Å². The molecule has 1 aliphatic carbocycles. The molecule has 1 aromatic carbocycles. The van der Waals surface area contributed by atoms with Gasteiger partial charge in [0.05, 0.1) is 18.8 Å². The summed E-state index contributed by atoms with van der Waals surface area (Å²) in [5, 5.41) is 20.6. The standard InChI is InChI=1S/C23H32O5/c1-14(2)22-19(25)11-15(3)7-6-8-16(4)12-21(22)28-23(26)17-9-10-18(24)20(13-17)27-5/h8-11,13-14,19,21-22,24-25H,6-7,12H2,1-5H3/b15-11+,16-8-/t19-,21-,22+/m1/s1. The fourth-order valence-electron chi connectivity index (χ4n) is 3.74. The fraction of sp³-hybridized carbons (Fsp3) is 0.522. The molecule has 1 aromatic rings. The van der Waals surface area contributed by atoms with Gasteiger partial charge in [0.15, 0.2) is 11.5 Å². The summed E-state index contributed by atoms with van der Waals surface area (Å²) in [6.07, 6.45) is 5.33. The highest BCUT2D eigenvalue weighted by molar-refractivity contribution is 5.90. The number of ether oxygens (including phenoxy) is 2. The predicted molar refractivity (Wildman–Crippen MR) is 110 cm³/mol. The molecule has 0 unspecified atom stereocenters. The van der Waals surface area contributed by atoms with E-state index in [4.69, 9.17) is 9.47 Å². The van der Waals surface area contributed by atoms with Crippen LogP contribution in [0.2, 0.25) is 0 Å². The largest absolute Gasteiger partial charge is 0.504 e. The molecular weight excluding hydrogens is 356 g/mol. The lowest BCUT2D eigenvalue weighted by Crippen LogP contribution is -2.38. The van der Waals surface area contributed by atoms with Crippen LogP contribution in [0.4, 0.5) is 0 Å². The fourth-order valence-corrected chi connectivity index (χ4v) is 3.74. The molecule has 0 fully saturated rings. The number of phenols is 1. The molecule has 2 N–H and O–H groups in total. The average Bonchev–Trinajstić information content (AvgIpc) is 2.61. The first-order valence-corrected chi connectivity index (χ1v) is 9.82. The minimum atomic E-state index is -0.682. The van der Waals surface area contributed by atoms with Crippen LogP contribution in [0.15, 0.2) is 41.5 Å². The van der Waals surface area contributed by atoms with Crippen molar-refractivity contribution in [2.45, 2.75) is 59.2 Å². The van der Waals surface area contributed by atoms with E-state index in [2.05, 4.69) is 6.08 Å². The van der Waals surface area contributed by atoms with Crippen molar-refractivity contribution in [2.75, 3.05) is 7.11 Å². The lowest BCUT2D eigenvalue weighted by atomic mass is 9.81. The van der Waals surface area contributed by atoms with E-state index in [0.29, 0.717) is 12.0 Å². The van der Waals surface area contributed by atoms with Crippen LogP contribution < -0.4 is 4.74 Å². The maximum Gasteiger partial charge on any atom is 0.338 e. The highest BCUT2D eigenvalue weighted by atomic mass is 16.5. The zero-order valence-electron chi connectivity index (χ0n) is 17.4. The third-order valence-corrected chi connectivity index (χ3v) is 5.28. The van der Waals surface area contributed by atoms with Crippen molar-refractivity contribution in [1.29, 1.82) is 0 Å². The number of hydrogen-bond acceptors (Lipinski definition) is 5. The van der Waals surface area contributed by atoms with Crippen molar-refractivity contribution >= 4 is 5.97 Å². The number of carbonyl (C=O) groups excluding carboxylic acids is 1. The monoisotopic (exact) mass is 388 g/mol. The van der Waals surface area contributed by atoms with Gasteiger partial charge in [0.2, 0.25) is 0 Å². The number of methoxy groups -OCH3 is 1. The van der Waals surface area contributed by atoms with Gasteiger partial charge in [0.1, 0.15) is 6.10 Å². The number of benzene rings is 1. The van der Waals surface area contributed by atoms with Crippen LogP contribution in [-0.2, 0) is 4.74 Å². The van der Waals surface area contributed by atoms with Gasteiger partial charge in [-0.25, -0.2) is 4.79 Å². The molecule has 2 rings (SSSR count). The minimum Gasteiger partial charge on any atom is -0.504 e. The highest BCUT2D eigenvalue weighted by Gasteiger charge is 2.33. The summed E-state index contributed by atoms with van der Waals surface area (Å²) in [6.45, 7) is 8.13. The number of hydrogen-bond donors (Lipinski definition) is 2. The van der Waals surface area contributed by atoms with Gasteiger partial charge < -0.3 is 19.7 Å². The molecule has 0 heterocycles. The number of aliphatic hydroxyl groups is 1. The quantitative estimate of drug-likeness (QED) is 0.581. The normalized spacial score (nSPS) is 27.3. The Hall–Kier alpha value is -2.27. The van der Waals surface area contributed by atoms with E-state index in [1.165, 1.54) is 25.3 Å². The van der Waals surface area contributed by atoms with E-state index < -0.39 is 18.2 Å². The summed E-state index contributed by atoms with van der Waals surface area (Å²) >= 11 is 0. The van der Waals surface area contributed by atoms with Gasteiger partial charge in [-0.1, -0.05) is 37.1 Å². The molecule has 5 heteroatoms. The van der Waals surface area contributed by atoms with E-state index in [9.17, 15) is 15.0 Å². The number of esters is 1. The van der Waals surface area contributed by atoms with Gasteiger partial charge in [-0.15, -0.1) is 0 Å². The molecule has 28 heavy (non-hydrogen) atoms. The Kier molecular flexibility index (Phi) is 7.69. The van der Waals surface area contributed by atoms with Gasteiger partial charge in [-0.3, -0.25) is 0 Å². The Morgan fingerprint density at radius 2 is 1.93 bits per heavy atom. The van der Waals surface area contributed by atoms with Crippen LogP contribution >= 0.6 is 0 Å². The maximum absolute atomic E-state index is 12.8. The van der Waals surface area contributed by atoms with Crippen molar-refractivity contribution in [2.24, 2.45) is 11.8 Å². The summed E-state index contributed by atoms with van der Waals surface area (Å²) in [5.41, 5.74) is 2.59. The van der Waals surface area contributed by atoms with Crippen molar-refractivity contribution in [3.05, 3.63) is 47.1 Å². The Morgan fingerprint density at radius 1 is 1.21 bits per heavy atom. The molecule has 5 nitrogen and oxygen atoms in total. The van der Waals surface area contributed by atoms with E-state index >= 15 is 0 Å². The lowest BCUT2D eigenvalue weighted by Gasteiger charge is -2.33. The molecule has 0 aromatic heterocycles. The maximum atomic E-state index is 12.8. The lowest BCUT2D eigenvalue weighted by molar-refractivity contribution is -0.0217. The van der Waals surface area contributed by atoms with Crippen LogP contribution in [-0.4, -0.2) is 35.5 Å². The molecule has 1 aliphatic rings. The first kappa shape index (κ1) is 22.0. The van der Waals surface area contributed by atoms with E-state index in [-0.39, 0.29) is 23.3 Å². The third-order valence-electron chi connectivity index (χ3n) is 5.28. The second-order valence-corrected chi connectivity index (χ2v) is 7.95. The summed E-state index contributed by atoms with van der Waals surface area (Å²) in [5.74, 6) is -0.410. The number of rotatable bonds is 4. The van der Waals surface area contributed by atoms with E-state index in [0.717, 1.165) is 24.0 Å².